The third-order valence-corrected chi connectivity index (χ3v) is 3.72. The van der Waals surface area contributed by atoms with E-state index in [4.69, 9.17) is 4.42 Å². The van der Waals surface area contributed by atoms with Gasteiger partial charge in [-0.3, -0.25) is 0 Å². The molecule has 0 unspecified atom stereocenters. The molecule has 2 aromatic rings. The molecule has 4 nitrogen and oxygen atoms in total. The number of nitrogens with one attached hydrogen (secondary N) is 1. The van der Waals surface area contributed by atoms with E-state index in [0.29, 0.717) is 5.89 Å². The van der Waals surface area contributed by atoms with Gasteiger partial charge in [-0.2, -0.15) is 0 Å². The molecule has 0 spiro atoms. The van der Waals surface area contributed by atoms with Crippen LogP contribution in [-0.2, 0) is 12.8 Å². The van der Waals surface area contributed by atoms with Gasteiger partial charge in [0.05, 0.1) is 4.88 Å². The molecule has 0 saturated heterocycles. The fourth-order valence-corrected chi connectivity index (χ4v) is 2.42. The molecule has 2 rings (SSSR count). The third-order valence-electron chi connectivity index (χ3n) is 2.51. The zero-order chi connectivity index (χ0) is 12.1. The predicted molar refractivity (Wildman–Crippen MR) is 69.2 cm³/mol. The third kappa shape index (κ3) is 3.14. The van der Waals surface area contributed by atoms with Crippen molar-refractivity contribution in [2.75, 3.05) is 13.6 Å². The number of hydrogen-bond donors (Lipinski definition) is 1. The topological polar surface area (TPSA) is 51.0 Å². The van der Waals surface area contributed by atoms with Crippen LogP contribution in [0.3, 0.4) is 0 Å². The lowest BCUT2D eigenvalue weighted by molar-refractivity contribution is 0.495. The Bertz CT molecular complexity index is 464. The van der Waals surface area contributed by atoms with Gasteiger partial charge in [-0.25, -0.2) is 0 Å². The summed E-state index contributed by atoms with van der Waals surface area (Å²) in [6, 6.07) is 4.17. The van der Waals surface area contributed by atoms with Crippen LogP contribution in [0.25, 0.3) is 10.8 Å². The molecule has 0 aliphatic rings. The molecule has 1 N–H and O–H groups in total. The van der Waals surface area contributed by atoms with Gasteiger partial charge in [0.25, 0.3) is 5.89 Å². The first-order valence-corrected chi connectivity index (χ1v) is 6.71. The minimum atomic E-state index is 0.647. The first-order valence-electron chi connectivity index (χ1n) is 5.89. The zero-order valence-corrected chi connectivity index (χ0v) is 11.0. The molecule has 0 atom stereocenters. The monoisotopic (exact) mass is 251 g/mol. The standard InChI is InChI=1S/C12H17N3OS/c1-3-9-6-7-10(17-9)12-15-14-11(16-12)5-4-8-13-2/h6-7,13H,3-5,8H2,1-2H3. The lowest BCUT2D eigenvalue weighted by atomic mass is 10.3. The molecular formula is C12H17N3OS. The molecule has 0 fully saturated rings. The summed E-state index contributed by atoms with van der Waals surface area (Å²) in [5.74, 6) is 1.37. The van der Waals surface area contributed by atoms with Crippen LogP contribution in [0.1, 0.15) is 24.1 Å². The summed E-state index contributed by atoms with van der Waals surface area (Å²) in [6.07, 6.45) is 2.90. The average Bonchev–Trinajstić information content (AvgIpc) is 2.97. The highest BCUT2D eigenvalue weighted by atomic mass is 32.1. The van der Waals surface area contributed by atoms with E-state index in [1.54, 1.807) is 11.3 Å². The van der Waals surface area contributed by atoms with E-state index >= 15 is 0 Å². The summed E-state index contributed by atoms with van der Waals surface area (Å²) in [5.41, 5.74) is 0. The molecule has 0 bridgehead atoms. The van der Waals surface area contributed by atoms with Crippen molar-refractivity contribution in [2.45, 2.75) is 26.2 Å². The van der Waals surface area contributed by atoms with Gasteiger partial charge in [0.2, 0.25) is 5.89 Å². The molecule has 5 heteroatoms. The smallest absolute Gasteiger partial charge is 0.257 e. The van der Waals surface area contributed by atoms with Gasteiger partial charge in [0.15, 0.2) is 0 Å². The maximum atomic E-state index is 5.63. The van der Waals surface area contributed by atoms with Gasteiger partial charge < -0.3 is 9.73 Å². The van der Waals surface area contributed by atoms with Gasteiger partial charge in [-0.05, 0) is 38.6 Å². The fourth-order valence-electron chi connectivity index (χ4n) is 1.55. The van der Waals surface area contributed by atoms with E-state index in [2.05, 4.69) is 28.5 Å². The Morgan fingerprint density at radius 3 is 2.94 bits per heavy atom. The molecular weight excluding hydrogens is 234 g/mol. The van der Waals surface area contributed by atoms with Crippen LogP contribution in [0, 0.1) is 0 Å². The lowest BCUT2D eigenvalue weighted by Gasteiger charge is -1.94. The average molecular weight is 251 g/mol. The van der Waals surface area contributed by atoms with Gasteiger partial charge in [-0.1, -0.05) is 6.92 Å². The molecule has 2 aromatic heterocycles. The van der Waals surface area contributed by atoms with E-state index in [-0.39, 0.29) is 0 Å². The van der Waals surface area contributed by atoms with Crippen LogP contribution in [0.5, 0.6) is 0 Å². The lowest BCUT2D eigenvalue weighted by Crippen LogP contribution is -2.08. The second kappa shape index (κ2) is 5.93. The fraction of sp³-hybridized carbons (Fsp3) is 0.500. The number of nitrogens with zero attached hydrogens (tertiary/aromatic N) is 2. The molecule has 0 saturated carbocycles. The number of aryl methyl sites for hydroxylation is 2. The normalized spacial score (nSPS) is 10.9. The Kier molecular flexibility index (Phi) is 4.28. The van der Waals surface area contributed by atoms with E-state index in [9.17, 15) is 0 Å². The quantitative estimate of drug-likeness (QED) is 0.801. The number of thiophene rings is 1. The van der Waals surface area contributed by atoms with E-state index in [1.165, 1.54) is 4.88 Å². The molecule has 17 heavy (non-hydrogen) atoms. The summed E-state index contributed by atoms with van der Waals surface area (Å²) in [7, 11) is 1.94. The SMILES string of the molecule is CCc1ccc(-c2nnc(CCCNC)o2)s1. The van der Waals surface area contributed by atoms with Crippen LogP contribution in [0.2, 0.25) is 0 Å². The van der Waals surface area contributed by atoms with Crippen LogP contribution < -0.4 is 5.32 Å². The summed E-state index contributed by atoms with van der Waals surface area (Å²) >= 11 is 1.72. The Balaban J connectivity index is 2.02. The first-order chi connectivity index (χ1) is 8.33. The van der Waals surface area contributed by atoms with E-state index in [0.717, 1.165) is 36.6 Å². The van der Waals surface area contributed by atoms with Crippen molar-refractivity contribution in [1.29, 1.82) is 0 Å². The Morgan fingerprint density at radius 2 is 2.24 bits per heavy atom. The van der Waals surface area contributed by atoms with Crippen LogP contribution in [0.4, 0.5) is 0 Å². The zero-order valence-electron chi connectivity index (χ0n) is 10.2. The Labute approximate surface area is 105 Å². The number of rotatable bonds is 6. The minimum absolute atomic E-state index is 0.647. The number of aromatic nitrogens is 2. The summed E-state index contributed by atoms with van der Waals surface area (Å²) < 4.78 is 5.63. The highest BCUT2D eigenvalue weighted by Gasteiger charge is 2.10. The molecule has 2 heterocycles. The molecule has 0 radical (unpaired) electrons. The van der Waals surface area contributed by atoms with Gasteiger partial charge in [-0.15, -0.1) is 21.5 Å². The van der Waals surface area contributed by atoms with Crippen LogP contribution in [0.15, 0.2) is 16.5 Å². The maximum absolute atomic E-state index is 5.63. The number of hydrogen-bond acceptors (Lipinski definition) is 5. The second-order valence-corrected chi connectivity index (χ2v) is 5.00. The summed E-state index contributed by atoms with van der Waals surface area (Å²) in [6.45, 7) is 3.11. The van der Waals surface area contributed by atoms with E-state index < -0.39 is 0 Å². The van der Waals surface area contributed by atoms with Crippen molar-refractivity contribution in [3.05, 3.63) is 22.9 Å². The summed E-state index contributed by atoms with van der Waals surface area (Å²) in [5, 5.41) is 11.2. The van der Waals surface area contributed by atoms with Gasteiger partial charge >= 0.3 is 0 Å². The van der Waals surface area contributed by atoms with Crippen molar-refractivity contribution < 1.29 is 4.42 Å². The Morgan fingerprint density at radius 1 is 1.35 bits per heavy atom. The molecule has 0 aliphatic carbocycles. The highest BCUT2D eigenvalue weighted by Crippen LogP contribution is 2.27. The second-order valence-electron chi connectivity index (χ2n) is 3.83. The Hall–Kier alpha value is -1.20. The maximum Gasteiger partial charge on any atom is 0.257 e. The van der Waals surface area contributed by atoms with E-state index in [1.807, 2.05) is 13.1 Å². The minimum Gasteiger partial charge on any atom is -0.420 e. The van der Waals surface area contributed by atoms with Crippen molar-refractivity contribution in [3.63, 3.8) is 0 Å². The van der Waals surface area contributed by atoms with Crippen LogP contribution in [-0.4, -0.2) is 23.8 Å². The van der Waals surface area contributed by atoms with Crippen LogP contribution >= 0.6 is 11.3 Å². The predicted octanol–water partition coefficient (Wildman–Crippen LogP) is 2.51. The highest BCUT2D eigenvalue weighted by molar-refractivity contribution is 7.15. The molecule has 0 amide bonds. The van der Waals surface area contributed by atoms with Gasteiger partial charge in [0.1, 0.15) is 0 Å². The molecule has 0 aliphatic heterocycles. The largest absolute Gasteiger partial charge is 0.420 e. The van der Waals surface area contributed by atoms with Gasteiger partial charge in [0, 0.05) is 11.3 Å². The van der Waals surface area contributed by atoms with Crippen molar-refractivity contribution in [2.24, 2.45) is 0 Å². The van der Waals surface area contributed by atoms with Crippen molar-refractivity contribution >= 4 is 11.3 Å². The first kappa shape index (κ1) is 12.3. The molecule has 92 valence electrons. The van der Waals surface area contributed by atoms with Crippen molar-refractivity contribution in [3.8, 4) is 10.8 Å². The van der Waals surface area contributed by atoms with Crippen molar-refractivity contribution in [1.82, 2.24) is 15.5 Å². The summed E-state index contributed by atoms with van der Waals surface area (Å²) in [4.78, 5) is 2.41. The molecule has 0 aromatic carbocycles.